The van der Waals surface area contributed by atoms with Gasteiger partial charge in [-0.05, 0) is 31.2 Å². The van der Waals surface area contributed by atoms with E-state index >= 15 is 0 Å². The van der Waals surface area contributed by atoms with Gasteiger partial charge in [-0.2, -0.15) is 5.10 Å². The number of amides is 2. The Bertz CT molecular complexity index is 1030. The van der Waals surface area contributed by atoms with Gasteiger partial charge in [-0.15, -0.1) is 0 Å². The number of pyridine rings is 1. The standard InChI is InChI=1S/C23H26N6O2/c1-18-20(17-26-29(18)21-9-5-6-11-24-21)23(31)25-12-10-22(30)28-15-13-27(14-16-28)19-7-3-2-4-8-19/h2-9,11,17H,10,12-16H2,1H3,(H,25,31). The third-order valence-corrected chi connectivity index (χ3v) is 5.50. The van der Waals surface area contributed by atoms with E-state index in [-0.39, 0.29) is 18.2 Å². The van der Waals surface area contributed by atoms with Crippen LogP contribution in [0.5, 0.6) is 0 Å². The summed E-state index contributed by atoms with van der Waals surface area (Å²) < 4.78 is 1.63. The molecule has 1 saturated heterocycles. The molecule has 1 aliphatic heterocycles. The van der Waals surface area contributed by atoms with E-state index in [0.717, 1.165) is 13.1 Å². The van der Waals surface area contributed by atoms with Crippen molar-refractivity contribution in [3.05, 3.63) is 72.2 Å². The summed E-state index contributed by atoms with van der Waals surface area (Å²) in [4.78, 5) is 33.5. The van der Waals surface area contributed by atoms with Crippen molar-refractivity contribution in [3.8, 4) is 5.82 Å². The molecule has 1 aliphatic rings. The highest BCUT2D eigenvalue weighted by molar-refractivity contribution is 5.95. The van der Waals surface area contributed by atoms with Crippen LogP contribution in [0, 0.1) is 6.92 Å². The average Bonchev–Trinajstić information content (AvgIpc) is 3.21. The van der Waals surface area contributed by atoms with Crippen molar-refractivity contribution in [2.75, 3.05) is 37.6 Å². The SMILES string of the molecule is Cc1c(C(=O)NCCC(=O)N2CCN(c3ccccc3)CC2)cnn1-c1ccccn1. The quantitative estimate of drug-likeness (QED) is 0.662. The monoisotopic (exact) mass is 418 g/mol. The predicted molar refractivity (Wildman–Crippen MR) is 118 cm³/mol. The van der Waals surface area contributed by atoms with Gasteiger partial charge in [-0.25, -0.2) is 9.67 Å². The highest BCUT2D eigenvalue weighted by atomic mass is 16.2. The van der Waals surface area contributed by atoms with Gasteiger partial charge in [0.25, 0.3) is 5.91 Å². The lowest BCUT2D eigenvalue weighted by Crippen LogP contribution is -2.49. The van der Waals surface area contributed by atoms with Gasteiger partial charge in [-0.3, -0.25) is 9.59 Å². The van der Waals surface area contributed by atoms with E-state index in [2.05, 4.69) is 32.4 Å². The van der Waals surface area contributed by atoms with E-state index in [9.17, 15) is 9.59 Å². The molecule has 0 bridgehead atoms. The fourth-order valence-corrected chi connectivity index (χ4v) is 3.73. The van der Waals surface area contributed by atoms with Gasteiger partial charge in [0.15, 0.2) is 5.82 Å². The van der Waals surface area contributed by atoms with Gasteiger partial charge in [0.2, 0.25) is 5.91 Å². The number of anilines is 1. The number of para-hydroxylation sites is 1. The Balaban J connectivity index is 1.25. The number of hydrogen-bond donors (Lipinski definition) is 1. The van der Waals surface area contributed by atoms with Gasteiger partial charge in [0, 0.05) is 51.0 Å². The molecule has 0 spiro atoms. The van der Waals surface area contributed by atoms with E-state index in [4.69, 9.17) is 0 Å². The molecule has 31 heavy (non-hydrogen) atoms. The number of nitrogens with zero attached hydrogens (tertiary/aromatic N) is 5. The zero-order chi connectivity index (χ0) is 21.6. The minimum absolute atomic E-state index is 0.0638. The molecule has 8 heteroatoms. The Morgan fingerprint density at radius 2 is 1.74 bits per heavy atom. The van der Waals surface area contributed by atoms with Gasteiger partial charge >= 0.3 is 0 Å². The third kappa shape index (κ3) is 4.74. The highest BCUT2D eigenvalue weighted by Gasteiger charge is 2.21. The summed E-state index contributed by atoms with van der Waals surface area (Å²) >= 11 is 0. The Labute approximate surface area is 181 Å². The summed E-state index contributed by atoms with van der Waals surface area (Å²) in [6.07, 6.45) is 3.50. The van der Waals surface area contributed by atoms with Gasteiger partial charge in [0.1, 0.15) is 0 Å². The summed E-state index contributed by atoms with van der Waals surface area (Å²) in [6.45, 7) is 5.13. The number of carbonyl (C=O) groups is 2. The molecule has 0 aliphatic carbocycles. The van der Waals surface area contributed by atoms with Crippen LogP contribution in [0.1, 0.15) is 22.5 Å². The van der Waals surface area contributed by atoms with Crippen molar-refractivity contribution in [2.45, 2.75) is 13.3 Å². The van der Waals surface area contributed by atoms with E-state index in [1.54, 1.807) is 10.9 Å². The molecule has 1 aromatic carbocycles. The first-order chi connectivity index (χ1) is 15.1. The summed E-state index contributed by atoms with van der Waals surface area (Å²) in [5.74, 6) is 0.485. The van der Waals surface area contributed by atoms with E-state index < -0.39 is 0 Å². The summed E-state index contributed by atoms with van der Waals surface area (Å²) in [5, 5.41) is 7.11. The van der Waals surface area contributed by atoms with Crippen LogP contribution < -0.4 is 10.2 Å². The van der Waals surface area contributed by atoms with Crippen LogP contribution in [0.4, 0.5) is 5.69 Å². The molecule has 8 nitrogen and oxygen atoms in total. The molecular formula is C23H26N6O2. The van der Waals surface area contributed by atoms with Crippen molar-refractivity contribution in [3.63, 3.8) is 0 Å². The van der Waals surface area contributed by atoms with Gasteiger partial charge < -0.3 is 15.1 Å². The zero-order valence-corrected chi connectivity index (χ0v) is 17.6. The van der Waals surface area contributed by atoms with Crippen LogP contribution in [-0.4, -0.2) is 64.2 Å². The maximum atomic E-state index is 12.6. The molecular weight excluding hydrogens is 392 g/mol. The summed E-state index contributed by atoms with van der Waals surface area (Å²) in [6, 6.07) is 15.8. The second-order valence-electron chi connectivity index (χ2n) is 7.45. The van der Waals surface area contributed by atoms with Crippen molar-refractivity contribution < 1.29 is 9.59 Å². The maximum absolute atomic E-state index is 12.6. The van der Waals surface area contributed by atoms with Crippen LogP contribution in [0.25, 0.3) is 5.82 Å². The molecule has 3 heterocycles. The van der Waals surface area contributed by atoms with Crippen molar-refractivity contribution in [1.29, 1.82) is 0 Å². The Hall–Kier alpha value is -3.68. The number of rotatable bonds is 6. The number of aromatic nitrogens is 3. The fourth-order valence-electron chi connectivity index (χ4n) is 3.73. The first kappa shape index (κ1) is 20.6. The lowest BCUT2D eigenvalue weighted by molar-refractivity contribution is -0.131. The third-order valence-electron chi connectivity index (χ3n) is 5.50. The number of piperazine rings is 1. The smallest absolute Gasteiger partial charge is 0.254 e. The number of benzene rings is 1. The normalized spacial score (nSPS) is 13.8. The molecule has 0 atom stereocenters. The van der Waals surface area contributed by atoms with Crippen LogP contribution in [0.3, 0.4) is 0 Å². The van der Waals surface area contributed by atoms with Gasteiger partial charge in [0.05, 0.1) is 17.5 Å². The molecule has 0 unspecified atom stereocenters. The minimum atomic E-state index is -0.235. The molecule has 2 amide bonds. The van der Waals surface area contributed by atoms with E-state index in [1.165, 1.54) is 11.9 Å². The maximum Gasteiger partial charge on any atom is 0.254 e. The first-order valence-electron chi connectivity index (χ1n) is 10.5. The van der Waals surface area contributed by atoms with Crippen LogP contribution >= 0.6 is 0 Å². The lowest BCUT2D eigenvalue weighted by Gasteiger charge is -2.36. The topological polar surface area (TPSA) is 83.4 Å². The number of carbonyl (C=O) groups excluding carboxylic acids is 2. The molecule has 1 N–H and O–H groups in total. The number of nitrogens with one attached hydrogen (secondary N) is 1. The zero-order valence-electron chi connectivity index (χ0n) is 17.6. The summed E-state index contributed by atoms with van der Waals surface area (Å²) in [7, 11) is 0. The largest absolute Gasteiger partial charge is 0.368 e. The molecule has 1 fully saturated rings. The van der Waals surface area contributed by atoms with Crippen LogP contribution in [0.15, 0.2) is 60.9 Å². The Morgan fingerprint density at radius 3 is 2.45 bits per heavy atom. The molecule has 3 aromatic rings. The molecule has 2 aromatic heterocycles. The molecule has 4 rings (SSSR count). The first-order valence-corrected chi connectivity index (χ1v) is 10.5. The summed E-state index contributed by atoms with van der Waals surface area (Å²) in [5.41, 5.74) is 2.37. The second-order valence-corrected chi connectivity index (χ2v) is 7.45. The average molecular weight is 419 g/mol. The fraction of sp³-hybridized carbons (Fsp3) is 0.304. The Kier molecular flexibility index (Phi) is 6.26. The highest BCUT2D eigenvalue weighted by Crippen LogP contribution is 2.16. The molecule has 0 radical (unpaired) electrons. The van der Waals surface area contributed by atoms with Gasteiger partial charge in [-0.1, -0.05) is 24.3 Å². The van der Waals surface area contributed by atoms with Crippen LogP contribution in [-0.2, 0) is 4.79 Å². The lowest BCUT2D eigenvalue weighted by atomic mass is 10.2. The van der Waals surface area contributed by atoms with E-state index in [0.29, 0.717) is 36.7 Å². The van der Waals surface area contributed by atoms with Crippen LogP contribution in [0.2, 0.25) is 0 Å². The van der Waals surface area contributed by atoms with E-state index in [1.807, 2.05) is 48.2 Å². The Morgan fingerprint density at radius 1 is 1.00 bits per heavy atom. The van der Waals surface area contributed by atoms with Crippen molar-refractivity contribution in [2.24, 2.45) is 0 Å². The molecule has 0 saturated carbocycles. The van der Waals surface area contributed by atoms with Crippen molar-refractivity contribution >= 4 is 17.5 Å². The minimum Gasteiger partial charge on any atom is -0.368 e. The van der Waals surface area contributed by atoms with Crippen molar-refractivity contribution in [1.82, 2.24) is 25.0 Å². The number of hydrogen-bond acceptors (Lipinski definition) is 5. The second kappa shape index (κ2) is 9.42. The molecule has 160 valence electrons. The predicted octanol–water partition coefficient (Wildman–Crippen LogP) is 2.04.